The van der Waals surface area contributed by atoms with Crippen LogP contribution < -0.4 is 16.4 Å². The first-order valence-electron chi connectivity index (χ1n) is 12.9. The van der Waals surface area contributed by atoms with E-state index < -0.39 is 36.1 Å². The largest absolute Gasteiger partial charge is 0.459 e. The number of ether oxygens (including phenoxy) is 1. The fraction of sp³-hybridized carbons (Fsp3) is 0.483. The quantitative estimate of drug-likeness (QED) is 0.288. The zero-order chi connectivity index (χ0) is 27.4. The molecular weight excluding hydrogens is 470 g/mol. The van der Waals surface area contributed by atoms with Gasteiger partial charge in [0.15, 0.2) is 0 Å². The summed E-state index contributed by atoms with van der Waals surface area (Å²) < 4.78 is 5.44. The molecule has 2 amide bonds. The van der Waals surface area contributed by atoms with E-state index in [1.54, 1.807) is 0 Å². The lowest BCUT2D eigenvalue weighted by Crippen LogP contribution is -2.55. The molecule has 0 radical (unpaired) electrons. The van der Waals surface area contributed by atoms with Gasteiger partial charge in [-0.3, -0.25) is 9.59 Å². The highest BCUT2D eigenvalue weighted by molar-refractivity contribution is 5.91. The Balaban J connectivity index is 1.96. The van der Waals surface area contributed by atoms with Crippen LogP contribution in [0.2, 0.25) is 0 Å². The average molecular weight is 512 g/mol. The number of carbonyl (C=O) groups excluding carboxylic acids is 3. The van der Waals surface area contributed by atoms with E-state index in [1.807, 2.05) is 88.4 Å². The molecule has 2 aromatic carbocycles. The number of nitrogens with one attached hydrogen (secondary N) is 2. The summed E-state index contributed by atoms with van der Waals surface area (Å²) in [6, 6.07) is 16.2. The van der Waals surface area contributed by atoms with Gasteiger partial charge in [-0.05, 0) is 29.4 Å². The highest BCUT2D eigenvalue weighted by Crippen LogP contribution is 2.18. The zero-order valence-corrected chi connectivity index (χ0v) is 22.2. The van der Waals surface area contributed by atoms with Crippen LogP contribution in [0.4, 0.5) is 0 Å². The molecule has 202 valence electrons. The molecule has 0 saturated heterocycles. The van der Waals surface area contributed by atoms with Gasteiger partial charge in [-0.25, -0.2) is 4.79 Å². The molecule has 0 unspecified atom stereocenters. The van der Waals surface area contributed by atoms with Crippen molar-refractivity contribution < 1.29 is 24.2 Å². The van der Waals surface area contributed by atoms with Gasteiger partial charge >= 0.3 is 5.97 Å². The molecule has 0 heterocycles. The average Bonchev–Trinajstić information content (AvgIpc) is 2.91. The predicted octanol–water partition coefficient (Wildman–Crippen LogP) is 3.24. The van der Waals surface area contributed by atoms with Crippen molar-refractivity contribution in [3.8, 4) is 0 Å². The smallest absolute Gasteiger partial charge is 0.329 e. The summed E-state index contributed by atoms with van der Waals surface area (Å²) >= 11 is 0. The highest BCUT2D eigenvalue weighted by atomic mass is 16.5. The molecule has 5 N–H and O–H groups in total. The number of esters is 1. The van der Waals surface area contributed by atoms with Gasteiger partial charge in [-0.15, -0.1) is 0 Å². The molecule has 0 fully saturated rings. The van der Waals surface area contributed by atoms with Gasteiger partial charge in [0, 0.05) is 6.42 Å². The Bertz CT molecular complexity index is 984. The van der Waals surface area contributed by atoms with Crippen LogP contribution >= 0.6 is 0 Å². The standard InChI is InChI=1S/C29H41N3O5/c1-5-20(4)27(31-24(34)17-16-23(33)25(30)22-14-10-7-11-15-22)28(35)32-26(19(2)3)29(36)37-18-21-12-8-6-9-13-21/h6-15,19-20,23,25-27,33H,5,16-18,30H2,1-4H3,(H,31,34)(H,32,35)/t20-,23-,25-,26-,27-/m0/s1. The molecule has 0 aliphatic carbocycles. The van der Waals surface area contributed by atoms with Crippen LogP contribution in [0.3, 0.4) is 0 Å². The van der Waals surface area contributed by atoms with Crippen LogP contribution in [-0.2, 0) is 25.7 Å². The Labute approximate surface area is 220 Å². The number of aliphatic hydroxyl groups excluding tert-OH is 1. The maximum atomic E-state index is 13.2. The van der Waals surface area contributed by atoms with Crippen molar-refractivity contribution in [3.63, 3.8) is 0 Å². The summed E-state index contributed by atoms with van der Waals surface area (Å²) in [7, 11) is 0. The molecule has 0 saturated carbocycles. The molecule has 8 nitrogen and oxygen atoms in total. The summed E-state index contributed by atoms with van der Waals surface area (Å²) in [6.07, 6.45) is -0.107. The van der Waals surface area contributed by atoms with Gasteiger partial charge < -0.3 is 26.2 Å². The number of hydrogen-bond donors (Lipinski definition) is 4. The fourth-order valence-corrected chi connectivity index (χ4v) is 3.86. The predicted molar refractivity (Wildman–Crippen MR) is 143 cm³/mol. The van der Waals surface area contributed by atoms with Crippen molar-refractivity contribution in [1.29, 1.82) is 0 Å². The summed E-state index contributed by atoms with van der Waals surface area (Å²) in [6.45, 7) is 7.54. The first-order chi connectivity index (χ1) is 17.6. The highest BCUT2D eigenvalue weighted by Gasteiger charge is 2.32. The van der Waals surface area contributed by atoms with E-state index in [2.05, 4.69) is 10.6 Å². The first-order valence-corrected chi connectivity index (χ1v) is 12.9. The molecule has 5 atom stereocenters. The number of hydrogen-bond acceptors (Lipinski definition) is 6. The zero-order valence-electron chi connectivity index (χ0n) is 22.2. The molecule has 2 aromatic rings. The lowest BCUT2D eigenvalue weighted by atomic mass is 9.96. The number of amides is 2. The van der Waals surface area contributed by atoms with Crippen molar-refractivity contribution in [2.24, 2.45) is 17.6 Å². The number of aliphatic hydroxyl groups is 1. The van der Waals surface area contributed by atoms with E-state index >= 15 is 0 Å². The molecule has 37 heavy (non-hydrogen) atoms. The van der Waals surface area contributed by atoms with E-state index in [0.29, 0.717) is 6.42 Å². The van der Waals surface area contributed by atoms with E-state index in [4.69, 9.17) is 10.5 Å². The minimum absolute atomic E-state index is 0.00857. The normalized spacial score (nSPS) is 15.2. The van der Waals surface area contributed by atoms with Crippen LogP contribution in [-0.4, -0.2) is 41.1 Å². The summed E-state index contributed by atoms with van der Waals surface area (Å²) in [5.41, 5.74) is 7.76. The van der Waals surface area contributed by atoms with Gasteiger partial charge in [-0.1, -0.05) is 94.8 Å². The third-order valence-electron chi connectivity index (χ3n) is 6.52. The molecule has 0 aliphatic heterocycles. The van der Waals surface area contributed by atoms with Gasteiger partial charge in [0.05, 0.1) is 12.1 Å². The lowest BCUT2D eigenvalue weighted by Gasteiger charge is -2.28. The van der Waals surface area contributed by atoms with E-state index in [0.717, 1.165) is 11.1 Å². The Kier molecular flexibility index (Phi) is 12.3. The Morgan fingerprint density at radius 2 is 1.51 bits per heavy atom. The fourth-order valence-electron chi connectivity index (χ4n) is 3.86. The number of nitrogens with two attached hydrogens (primary N) is 1. The van der Waals surface area contributed by atoms with E-state index in [-0.39, 0.29) is 37.2 Å². The lowest BCUT2D eigenvalue weighted by molar-refractivity contribution is -0.150. The topological polar surface area (TPSA) is 131 Å². The second kappa shape index (κ2) is 15.1. The maximum Gasteiger partial charge on any atom is 0.329 e. The maximum absolute atomic E-state index is 13.2. The Morgan fingerprint density at radius 1 is 0.919 bits per heavy atom. The molecule has 0 aliphatic rings. The third-order valence-corrected chi connectivity index (χ3v) is 6.52. The van der Waals surface area contributed by atoms with Crippen molar-refractivity contribution in [1.82, 2.24) is 10.6 Å². The minimum atomic E-state index is -0.909. The summed E-state index contributed by atoms with van der Waals surface area (Å²) in [5.74, 6) is -1.73. The first kappa shape index (κ1) is 30.0. The van der Waals surface area contributed by atoms with Gasteiger partial charge in [0.25, 0.3) is 0 Å². The van der Waals surface area contributed by atoms with Gasteiger partial charge in [-0.2, -0.15) is 0 Å². The van der Waals surface area contributed by atoms with Crippen LogP contribution in [0.25, 0.3) is 0 Å². The number of rotatable bonds is 14. The molecule has 0 bridgehead atoms. The Hall–Kier alpha value is -3.23. The Morgan fingerprint density at radius 3 is 2.08 bits per heavy atom. The molecule has 0 aromatic heterocycles. The molecular formula is C29H41N3O5. The van der Waals surface area contributed by atoms with Crippen LogP contribution in [0.1, 0.15) is 64.1 Å². The van der Waals surface area contributed by atoms with Crippen molar-refractivity contribution in [2.45, 2.75) is 77.8 Å². The summed E-state index contributed by atoms with van der Waals surface area (Å²) in [4.78, 5) is 38.7. The number of benzene rings is 2. The van der Waals surface area contributed by atoms with Crippen LogP contribution in [0, 0.1) is 11.8 Å². The van der Waals surface area contributed by atoms with Gasteiger partial charge in [0.2, 0.25) is 11.8 Å². The van der Waals surface area contributed by atoms with Crippen molar-refractivity contribution in [3.05, 3.63) is 71.8 Å². The molecule has 8 heteroatoms. The van der Waals surface area contributed by atoms with E-state index in [1.165, 1.54) is 0 Å². The monoisotopic (exact) mass is 511 g/mol. The second-order valence-corrected chi connectivity index (χ2v) is 9.80. The van der Waals surface area contributed by atoms with Crippen molar-refractivity contribution >= 4 is 17.8 Å². The van der Waals surface area contributed by atoms with Crippen molar-refractivity contribution in [2.75, 3.05) is 0 Å². The minimum Gasteiger partial charge on any atom is -0.459 e. The van der Waals surface area contributed by atoms with E-state index in [9.17, 15) is 19.5 Å². The number of carbonyl (C=O) groups is 3. The van der Waals surface area contributed by atoms with Crippen LogP contribution in [0.15, 0.2) is 60.7 Å². The third kappa shape index (κ3) is 9.63. The van der Waals surface area contributed by atoms with Gasteiger partial charge in [0.1, 0.15) is 18.7 Å². The van der Waals surface area contributed by atoms with Crippen LogP contribution in [0.5, 0.6) is 0 Å². The second-order valence-electron chi connectivity index (χ2n) is 9.80. The molecule has 0 spiro atoms. The summed E-state index contributed by atoms with van der Waals surface area (Å²) in [5, 5.41) is 16.0. The molecule has 2 rings (SSSR count). The SMILES string of the molecule is CC[C@H](C)[C@H](NC(=O)CC[C@H](O)[C@@H](N)c1ccccc1)C(=O)N[C@H](C(=O)OCc1ccccc1)C(C)C.